The summed E-state index contributed by atoms with van der Waals surface area (Å²) in [5, 5.41) is 13.6. The van der Waals surface area contributed by atoms with Crippen molar-refractivity contribution >= 4 is 11.6 Å². The molecule has 7 heteroatoms. The van der Waals surface area contributed by atoms with Gasteiger partial charge in [-0.15, -0.1) is 0 Å². The summed E-state index contributed by atoms with van der Waals surface area (Å²) in [6.07, 6.45) is 2.56. The van der Waals surface area contributed by atoms with Crippen LogP contribution in [0.4, 0.5) is 11.6 Å². The minimum Gasteiger partial charge on any atom is -0.439 e. The quantitative estimate of drug-likeness (QED) is 0.643. The Kier molecular flexibility index (Phi) is 4.43. The van der Waals surface area contributed by atoms with Gasteiger partial charge in [-0.1, -0.05) is 6.92 Å². The molecule has 0 aliphatic rings. The second-order valence-corrected chi connectivity index (χ2v) is 4.00. The summed E-state index contributed by atoms with van der Waals surface area (Å²) < 4.78 is 5.52. The van der Waals surface area contributed by atoms with Gasteiger partial charge < -0.3 is 10.1 Å². The van der Waals surface area contributed by atoms with Crippen molar-refractivity contribution in [3.63, 3.8) is 0 Å². The van der Waals surface area contributed by atoms with Crippen molar-refractivity contribution in [2.24, 2.45) is 0 Å². The SMILES string of the molecule is CCCNc1nccc(Oc2ccc([N+](=O)[O-])cc2)n1. The fraction of sp³-hybridized carbons (Fsp3) is 0.231. The van der Waals surface area contributed by atoms with Gasteiger partial charge in [0.2, 0.25) is 11.8 Å². The minimum atomic E-state index is -0.457. The molecule has 0 unspecified atom stereocenters. The lowest BCUT2D eigenvalue weighted by molar-refractivity contribution is -0.384. The predicted molar refractivity (Wildman–Crippen MR) is 74.0 cm³/mol. The third-order valence-electron chi connectivity index (χ3n) is 2.43. The van der Waals surface area contributed by atoms with Crippen LogP contribution in [-0.4, -0.2) is 21.4 Å². The Hall–Kier alpha value is -2.70. The van der Waals surface area contributed by atoms with E-state index in [-0.39, 0.29) is 5.69 Å². The molecule has 7 nitrogen and oxygen atoms in total. The number of rotatable bonds is 6. The number of nitrogens with one attached hydrogen (secondary N) is 1. The van der Waals surface area contributed by atoms with Gasteiger partial charge >= 0.3 is 0 Å². The molecule has 0 spiro atoms. The van der Waals surface area contributed by atoms with Crippen molar-refractivity contribution in [2.45, 2.75) is 13.3 Å². The van der Waals surface area contributed by atoms with E-state index in [9.17, 15) is 10.1 Å². The number of hydrogen-bond donors (Lipinski definition) is 1. The lowest BCUT2D eigenvalue weighted by Gasteiger charge is -2.06. The van der Waals surface area contributed by atoms with Crippen LogP contribution in [0.1, 0.15) is 13.3 Å². The van der Waals surface area contributed by atoms with Crippen LogP contribution < -0.4 is 10.1 Å². The Labute approximate surface area is 115 Å². The summed E-state index contributed by atoms with van der Waals surface area (Å²) in [4.78, 5) is 18.3. The van der Waals surface area contributed by atoms with Crippen molar-refractivity contribution in [2.75, 3.05) is 11.9 Å². The van der Waals surface area contributed by atoms with Crippen LogP contribution in [0.15, 0.2) is 36.5 Å². The standard InChI is InChI=1S/C13H14N4O3/c1-2-8-14-13-15-9-7-12(16-13)20-11-5-3-10(4-6-11)17(18)19/h3-7,9H,2,8H2,1H3,(H,14,15,16). The summed E-state index contributed by atoms with van der Waals surface area (Å²) in [7, 11) is 0. The third-order valence-corrected chi connectivity index (χ3v) is 2.43. The topological polar surface area (TPSA) is 90.2 Å². The third kappa shape index (κ3) is 3.64. The van der Waals surface area contributed by atoms with Crippen LogP contribution in [0.3, 0.4) is 0 Å². The number of nitro benzene ring substituents is 1. The first kappa shape index (κ1) is 13.7. The number of benzene rings is 1. The van der Waals surface area contributed by atoms with E-state index in [0.29, 0.717) is 17.6 Å². The molecule has 0 aliphatic heterocycles. The van der Waals surface area contributed by atoms with Crippen molar-refractivity contribution < 1.29 is 9.66 Å². The molecule has 0 fully saturated rings. The van der Waals surface area contributed by atoms with Crippen LogP contribution in [0.5, 0.6) is 11.6 Å². The molecular formula is C13H14N4O3. The molecule has 0 saturated carbocycles. The molecule has 0 amide bonds. The van der Waals surface area contributed by atoms with Crippen LogP contribution in [0, 0.1) is 10.1 Å². The van der Waals surface area contributed by atoms with E-state index in [1.165, 1.54) is 24.3 Å². The van der Waals surface area contributed by atoms with E-state index in [1.807, 2.05) is 6.92 Å². The highest BCUT2D eigenvalue weighted by Crippen LogP contribution is 2.22. The first-order chi connectivity index (χ1) is 9.69. The summed E-state index contributed by atoms with van der Waals surface area (Å²) in [6, 6.07) is 7.44. The molecule has 0 radical (unpaired) electrons. The van der Waals surface area contributed by atoms with Crippen molar-refractivity contribution in [1.29, 1.82) is 0 Å². The highest BCUT2D eigenvalue weighted by atomic mass is 16.6. The van der Waals surface area contributed by atoms with Crippen LogP contribution >= 0.6 is 0 Å². The molecule has 1 aromatic carbocycles. The molecular weight excluding hydrogens is 260 g/mol. The summed E-state index contributed by atoms with van der Waals surface area (Å²) >= 11 is 0. The van der Waals surface area contributed by atoms with Gasteiger partial charge in [-0.2, -0.15) is 4.98 Å². The van der Waals surface area contributed by atoms with E-state index in [1.54, 1.807) is 12.3 Å². The normalized spacial score (nSPS) is 10.1. The molecule has 0 saturated heterocycles. The van der Waals surface area contributed by atoms with Crippen LogP contribution in [0.2, 0.25) is 0 Å². The van der Waals surface area contributed by atoms with Gasteiger partial charge in [-0.05, 0) is 18.6 Å². The lowest BCUT2D eigenvalue weighted by Crippen LogP contribution is -2.04. The summed E-state index contributed by atoms with van der Waals surface area (Å²) in [6.45, 7) is 2.82. The smallest absolute Gasteiger partial charge is 0.269 e. The van der Waals surface area contributed by atoms with E-state index in [0.717, 1.165) is 13.0 Å². The zero-order chi connectivity index (χ0) is 14.4. The minimum absolute atomic E-state index is 0.0188. The molecule has 1 heterocycles. The Balaban J connectivity index is 2.07. The molecule has 20 heavy (non-hydrogen) atoms. The second kappa shape index (κ2) is 6.46. The number of nitrogens with zero attached hydrogens (tertiary/aromatic N) is 3. The van der Waals surface area contributed by atoms with Gasteiger partial charge in [0, 0.05) is 30.9 Å². The molecule has 0 bridgehead atoms. The van der Waals surface area contributed by atoms with Gasteiger partial charge in [-0.3, -0.25) is 10.1 Å². The summed E-state index contributed by atoms with van der Waals surface area (Å²) in [5.41, 5.74) is 0.0188. The number of nitro groups is 1. The maximum atomic E-state index is 10.6. The van der Waals surface area contributed by atoms with Gasteiger partial charge in [0.1, 0.15) is 5.75 Å². The maximum Gasteiger partial charge on any atom is 0.269 e. The maximum absolute atomic E-state index is 10.6. The van der Waals surface area contributed by atoms with Crippen LogP contribution in [0.25, 0.3) is 0 Å². The largest absolute Gasteiger partial charge is 0.439 e. The number of hydrogen-bond acceptors (Lipinski definition) is 6. The van der Waals surface area contributed by atoms with E-state index < -0.39 is 4.92 Å². The highest BCUT2D eigenvalue weighted by molar-refractivity contribution is 5.38. The summed E-state index contributed by atoms with van der Waals surface area (Å²) in [5.74, 6) is 1.36. The van der Waals surface area contributed by atoms with Gasteiger partial charge in [0.25, 0.3) is 5.69 Å². The average Bonchev–Trinajstić information content (AvgIpc) is 2.46. The number of ether oxygens (including phenoxy) is 1. The van der Waals surface area contributed by atoms with Crippen molar-refractivity contribution in [3.05, 3.63) is 46.6 Å². The first-order valence-electron chi connectivity index (χ1n) is 6.18. The van der Waals surface area contributed by atoms with Gasteiger partial charge in [0.15, 0.2) is 0 Å². The van der Waals surface area contributed by atoms with Crippen molar-refractivity contribution in [1.82, 2.24) is 9.97 Å². The first-order valence-corrected chi connectivity index (χ1v) is 6.18. The van der Waals surface area contributed by atoms with Crippen LogP contribution in [-0.2, 0) is 0 Å². The molecule has 0 atom stereocenters. The predicted octanol–water partition coefficient (Wildman–Crippen LogP) is 3.00. The molecule has 2 aromatic rings. The van der Waals surface area contributed by atoms with E-state index in [2.05, 4.69) is 15.3 Å². The Bertz CT molecular complexity index is 586. The second-order valence-electron chi connectivity index (χ2n) is 4.00. The van der Waals surface area contributed by atoms with E-state index >= 15 is 0 Å². The molecule has 0 aliphatic carbocycles. The zero-order valence-electron chi connectivity index (χ0n) is 10.9. The molecule has 1 N–H and O–H groups in total. The average molecular weight is 274 g/mol. The lowest BCUT2D eigenvalue weighted by atomic mass is 10.3. The number of aromatic nitrogens is 2. The van der Waals surface area contributed by atoms with Gasteiger partial charge in [0.05, 0.1) is 4.92 Å². The Morgan fingerprint density at radius 3 is 2.70 bits per heavy atom. The fourth-order valence-electron chi connectivity index (χ4n) is 1.48. The zero-order valence-corrected chi connectivity index (χ0v) is 10.9. The van der Waals surface area contributed by atoms with E-state index in [4.69, 9.17) is 4.74 Å². The monoisotopic (exact) mass is 274 g/mol. The Morgan fingerprint density at radius 1 is 1.30 bits per heavy atom. The van der Waals surface area contributed by atoms with Gasteiger partial charge in [-0.25, -0.2) is 4.98 Å². The molecule has 1 aromatic heterocycles. The fourth-order valence-corrected chi connectivity index (χ4v) is 1.48. The van der Waals surface area contributed by atoms with Crippen molar-refractivity contribution in [3.8, 4) is 11.6 Å². The highest BCUT2D eigenvalue weighted by Gasteiger charge is 2.06. The number of anilines is 1. The number of non-ortho nitro benzene ring substituents is 1. The molecule has 2 rings (SSSR count). The molecule has 104 valence electrons. The Morgan fingerprint density at radius 2 is 2.05 bits per heavy atom.